The van der Waals surface area contributed by atoms with E-state index < -0.39 is 16.1 Å². The Morgan fingerprint density at radius 2 is 0.616 bits per heavy atom. The van der Waals surface area contributed by atoms with Gasteiger partial charge in [-0.05, 0) is 220 Å². The molecule has 1 saturated carbocycles. The van der Waals surface area contributed by atoms with Crippen molar-refractivity contribution in [2.75, 3.05) is 7.11 Å². The zero-order valence-corrected chi connectivity index (χ0v) is 70.3. The normalized spacial score (nSPS) is 13.6. The summed E-state index contributed by atoms with van der Waals surface area (Å²) in [5.41, 5.74) is 18.9. The maximum Gasteiger partial charge on any atom is 0.126 e. The third kappa shape index (κ3) is 17.6. The lowest BCUT2D eigenvalue weighted by atomic mass is 9.72. The molecule has 0 bridgehead atoms. The molecule has 1 aliphatic carbocycles. The van der Waals surface area contributed by atoms with E-state index in [1.54, 1.807) is 23.0 Å². The fourth-order valence-corrected chi connectivity index (χ4v) is 22.2. The van der Waals surface area contributed by atoms with Crippen LogP contribution >= 0.6 is 0 Å². The fraction of sp³-hybridized carbons (Fsp3) is 0.479. The number of methoxy groups -OCH3 is 1. The minimum Gasteiger partial charge on any atom is -0.496 e. The van der Waals surface area contributed by atoms with Crippen molar-refractivity contribution in [1.29, 1.82) is 0 Å². The minimum absolute atomic E-state index is 0.140. The molecule has 11 rings (SSSR count). The summed E-state index contributed by atoms with van der Waals surface area (Å²) in [5, 5.41) is 17.5. The summed E-state index contributed by atoms with van der Waals surface area (Å²) in [7, 11) is -0.982. The highest BCUT2D eigenvalue weighted by Gasteiger charge is 2.34. The molecule has 0 amide bonds. The van der Waals surface area contributed by atoms with Crippen LogP contribution in [0.15, 0.2) is 152 Å². The van der Waals surface area contributed by atoms with E-state index in [1.807, 2.05) is 0 Å². The lowest BCUT2D eigenvalue weighted by Gasteiger charge is -2.33. The second kappa shape index (κ2) is 31.5. The Bertz CT molecular complexity index is 4390. The quantitative estimate of drug-likeness (QED) is 0.124. The largest absolute Gasteiger partial charge is 0.496 e. The molecule has 0 aromatic heterocycles. The van der Waals surface area contributed by atoms with Crippen molar-refractivity contribution in [1.82, 2.24) is 0 Å². The Balaban J connectivity index is 0.000000174. The molecular weight excluding hydrogens is 1230 g/mol. The Kier molecular flexibility index (Phi) is 25.5. The van der Waals surface area contributed by atoms with Crippen LogP contribution in [0, 0.1) is 34.6 Å². The summed E-state index contributed by atoms with van der Waals surface area (Å²) >= 11 is 0. The number of rotatable bonds is 10. The summed E-state index contributed by atoms with van der Waals surface area (Å²) in [5.74, 6) is 1.75. The second-order valence-electron chi connectivity index (χ2n) is 36.0. The minimum atomic E-state index is -1.39. The molecule has 0 unspecified atom stereocenters. The van der Waals surface area contributed by atoms with Gasteiger partial charge in [0.1, 0.15) is 5.75 Å². The van der Waals surface area contributed by atoms with Crippen molar-refractivity contribution in [2.45, 2.75) is 295 Å². The van der Waals surface area contributed by atoms with Crippen molar-refractivity contribution in [3.63, 3.8) is 0 Å². The SMILES string of the molecule is CCC(C)(CC)c1cc(C(C)(C)C)c(C)c2ccccc12.CC[Si](CC)(CC)c1cc(C(C)(C)C)c(C)c2ccccc12.COc1cc(C(C)(C)C)c(C)c2ccccc12.Cc1c(C(C)(C)C)cc(C2CCCC2)c2ccccc12.Cc1c(C(C)(C)C)cc([Si](C)(C)C)c2ccccc12. The van der Waals surface area contributed by atoms with Crippen LogP contribution in [0.25, 0.3) is 53.9 Å². The van der Waals surface area contributed by atoms with Crippen LogP contribution in [0.5, 0.6) is 5.75 Å². The summed E-state index contributed by atoms with van der Waals surface area (Å²) in [6.07, 6.45) is 7.91. The fourth-order valence-electron chi connectivity index (χ4n) is 16.7. The number of fused-ring (bicyclic) bond motifs is 5. The zero-order valence-electron chi connectivity index (χ0n) is 68.3. The van der Waals surface area contributed by atoms with Crippen LogP contribution in [-0.4, -0.2) is 23.3 Å². The predicted molar refractivity (Wildman–Crippen MR) is 452 cm³/mol. The average Bonchev–Trinajstić information content (AvgIpc) is 0.908. The van der Waals surface area contributed by atoms with Gasteiger partial charge in [0.15, 0.2) is 0 Å². The van der Waals surface area contributed by atoms with Gasteiger partial charge in [-0.15, -0.1) is 0 Å². The first-order chi connectivity index (χ1) is 46.1. The highest BCUT2D eigenvalue weighted by molar-refractivity contribution is 6.93. The topological polar surface area (TPSA) is 9.23 Å². The van der Waals surface area contributed by atoms with Crippen molar-refractivity contribution in [3.8, 4) is 5.75 Å². The summed E-state index contributed by atoms with van der Waals surface area (Å²) < 4.78 is 5.52. The predicted octanol–water partition coefficient (Wildman–Crippen LogP) is 28.2. The van der Waals surface area contributed by atoms with Crippen LogP contribution in [0.3, 0.4) is 0 Å². The molecule has 3 heteroatoms. The molecule has 0 radical (unpaired) electrons. The number of hydrogen-bond acceptors (Lipinski definition) is 1. The Morgan fingerprint density at radius 1 is 0.333 bits per heavy atom. The maximum absolute atomic E-state index is 5.52. The Hall–Kier alpha value is -6.27. The van der Waals surface area contributed by atoms with Gasteiger partial charge in [0.05, 0.1) is 23.3 Å². The first-order valence-electron chi connectivity index (χ1n) is 38.3. The number of aryl methyl sites for hydroxylation is 5. The molecule has 10 aromatic carbocycles. The molecule has 1 fully saturated rings. The number of benzene rings is 10. The van der Waals surface area contributed by atoms with E-state index >= 15 is 0 Å². The summed E-state index contributed by atoms with van der Waals surface area (Å²) in [6, 6.07) is 60.6. The van der Waals surface area contributed by atoms with Gasteiger partial charge >= 0.3 is 0 Å². The van der Waals surface area contributed by atoms with Gasteiger partial charge in [0.2, 0.25) is 0 Å². The molecule has 10 aromatic rings. The molecule has 0 N–H and O–H groups in total. The van der Waals surface area contributed by atoms with Gasteiger partial charge in [-0.1, -0.05) is 352 Å². The third-order valence-electron chi connectivity index (χ3n) is 23.2. The summed E-state index contributed by atoms with van der Waals surface area (Å²) in [6.45, 7) is 67.6. The number of ether oxygens (including phenoxy) is 1. The van der Waals surface area contributed by atoms with E-state index in [-0.39, 0.29) is 32.5 Å². The second-order valence-corrected chi connectivity index (χ2v) is 46.3. The van der Waals surface area contributed by atoms with Crippen molar-refractivity contribution >= 4 is 80.4 Å². The molecule has 0 heterocycles. The van der Waals surface area contributed by atoms with Gasteiger partial charge in [-0.3, -0.25) is 0 Å². The van der Waals surface area contributed by atoms with Crippen molar-refractivity contribution in [3.05, 3.63) is 218 Å². The van der Waals surface area contributed by atoms with Gasteiger partial charge < -0.3 is 4.74 Å². The molecular formula is C96H134OSi2. The standard InChI is InChI=1S/C21H32Si.C21H30.C20H26.C18H26Si.C16H20O/c1-8-22(9-2,10-3)20-15-19(21(5,6)7)16(4)17-13-11-12-14-18(17)20;1-8-21(7,9-2)19-14-18(20(4,5)6)15(3)16-12-10-11-13-17(16)19;1-14-16-11-7-8-12-17(16)18(15-9-5-6-10-15)13-19(14)20(2,3)4;1-13-14-10-8-9-11-15(14)17(19(5,6)7)12-16(13)18(2,3)4;1-11-12-8-6-7-9-13(12)15(17-5)10-14(11)16(2,3)4/h11-15H,8-10H2,1-7H3;10-14H,8-9H2,1-7H3;7-8,11-13,15H,5-6,9-10H2,1-4H3;8-12H,1-7H3;6-10H,1-5H3. The van der Waals surface area contributed by atoms with Crippen LogP contribution in [0.1, 0.15) is 257 Å². The van der Waals surface area contributed by atoms with E-state index in [1.165, 1.54) is 172 Å². The lowest BCUT2D eigenvalue weighted by molar-refractivity contribution is 0.417. The zero-order chi connectivity index (χ0) is 73.8. The van der Waals surface area contributed by atoms with Gasteiger partial charge in [0.25, 0.3) is 0 Å². The van der Waals surface area contributed by atoms with E-state index in [0.29, 0.717) is 0 Å². The van der Waals surface area contributed by atoms with Crippen LogP contribution in [0.2, 0.25) is 37.8 Å². The van der Waals surface area contributed by atoms with E-state index in [0.717, 1.165) is 11.7 Å². The maximum atomic E-state index is 5.52. The highest BCUT2D eigenvalue weighted by atomic mass is 28.3. The van der Waals surface area contributed by atoms with Crippen LogP contribution < -0.4 is 15.1 Å². The lowest BCUT2D eigenvalue weighted by Crippen LogP contribution is -2.46. The van der Waals surface area contributed by atoms with E-state index in [9.17, 15) is 0 Å². The van der Waals surface area contributed by atoms with Gasteiger partial charge in [0, 0.05) is 5.39 Å². The molecule has 0 spiro atoms. The van der Waals surface area contributed by atoms with Crippen molar-refractivity contribution < 1.29 is 4.74 Å². The van der Waals surface area contributed by atoms with Gasteiger partial charge in [-0.2, -0.15) is 0 Å². The Morgan fingerprint density at radius 3 is 0.970 bits per heavy atom. The molecule has 0 atom stereocenters. The molecule has 1 nitrogen and oxygen atoms in total. The monoisotopic (exact) mass is 1360 g/mol. The van der Waals surface area contributed by atoms with E-state index in [2.05, 4.69) is 351 Å². The molecule has 0 saturated heterocycles. The molecule has 99 heavy (non-hydrogen) atoms. The Labute approximate surface area is 607 Å². The summed E-state index contributed by atoms with van der Waals surface area (Å²) in [4.78, 5) is 0. The third-order valence-corrected chi connectivity index (χ3v) is 30.9. The van der Waals surface area contributed by atoms with Gasteiger partial charge in [-0.25, -0.2) is 0 Å². The first kappa shape index (κ1) is 80.1. The highest BCUT2D eigenvalue weighted by Crippen LogP contribution is 2.45. The van der Waals surface area contributed by atoms with E-state index in [4.69, 9.17) is 4.74 Å². The van der Waals surface area contributed by atoms with Crippen LogP contribution in [-0.2, 0) is 32.5 Å². The first-order valence-corrected chi connectivity index (χ1v) is 44.4. The average molecular weight is 1360 g/mol. The number of hydrogen-bond donors (Lipinski definition) is 0. The molecule has 0 aliphatic heterocycles. The molecule has 532 valence electrons. The molecule has 1 aliphatic rings. The smallest absolute Gasteiger partial charge is 0.126 e. The van der Waals surface area contributed by atoms with Crippen molar-refractivity contribution in [2.24, 2.45) is 0 Å². The van der Waals surface area contributed by atoms with Crippen LogP contribution in [0.4, 0.5) is 0 Å².